The first kappa shape index (κ1) is 14.1. The topological polar surface area (TPSA) is 42.1 Å². The Labute approximate surface area is 119 Å². The van der Waals surface area contributed by atoms with Crippen LogP contribution in [-0.2, 0) is 9.53 Å². The molecule has 104 valence electrons. The van der Waals surface area contributed by atoms with Crippen LogP contribution >= 0.6 is 0 Å². The van der Waals surface area contributed by atoms with Crippen LogP contribution in [0, 0.1) is 13.8 Å². The zero-order valence-corrected chi connectivity index (χ0v) is 12.1. The SMILES string of the molecule is CCOC(=O)/C(=C/c1[nH]c(C)cc1C)c1ccccc1. The van der Waals surface area contributed by atoms with Gasteiger partial charge >= 0.3 is 5.97 Å². The van der Waals surface area contributed by atoms with E-state index in [0.29, 0.717) is 12.2 Å². The van der Waals surface area contributed by atoms with E-state index < -0.39 is 0 Å². The lowest BCUT2D eigenvalue weighted by atomic mass is 10.0. The first-order valence-corrected chi connectivity index (χ1v) is 6.72. The van der Waals surface area contributed by atoms with Gasteiger partial charge in [0.05, 0.1) is 12.2 Å². The Kier molecular flexibility index (Phi) is 4.41. The number of hydrogen-bond acceptors (Lipinski definition) is 2. The van der Waals surface area contributed by atoms with E-state index in [1.807, 2.05) is 57.2 Å². The van der Waals surface area contributed by atoms with Gasteiger partial charge in [0, 0.05) is 11.4 Å². The van der Waals surface area contributed by atoms with Crippen molar-refractivity contribution in [1.82, 2.24) is 4.98 Å². The van der Waals surface area contributed by atoms with Gasteiger partial charge in [-0.1, -0.05) is 30.3 Å². The summed E-state index contributed by atoms with van der Waals surface area (Å²) in [5.41, 5.74) is 4.55. The molecule has 0 spiro atoms. The van der Waals surface area contributed by atoms with Crippen LogP contribution in [0.25, 0.3) is 11.6 Å². The fourth-order valence-electron chi connectivity index (χ4n) is 2.13. The van der Waals surface area contributed by atoms with E-state index in [0.717, 1.165) is 22.5 Å². The van der Waals surface area contributed by atoms with Crippen molar-refractivity contribution in [2.75, 3.05) is 6.61 Å². The van der Waals surface area contributed by atoms with Gasteiger partial charge in [0.15, 0.2) is 0 Å². The number of aromatic amines is 1. The molecule has 0 radical (unpaired) electrons. The average Bonchev–Trinajstić information content (AvgIpc) is 2.75. The van der Waals surface area contributed by atoms with Gasteiger partial charge in [0.1, 0.15) is 0 Å². The van der Waals surface area contributed by atoms with Crippen LogP contribution in [-0.4, -0.2) is 17.6 Å². The highest BCUT2D eigenvalue weighted by atomic mass is 16.5. The second kappa shape index (κ2) is 6.24. The Hall–Kier alpha value is -2.29. The van der Waals surface area contributed by atoms with Crippen molar-refractivity contribution in [3.8, 4) is 0 Å². The number of carbonyl (C=O) groups is 1. The first-order valence-electron chi connectivity index (χ1n) is 6.72. The third-order valence-electron chi connectivity index (χ3n) is 3.06. The van der Waals surface area contributed by atoms with Crippen molar-refractivity contribution in [2.24, 2.45) is 0 Å². The molecule has 1 aromatic carbocycles. The van der Waals surface area contributed by atoms with Crippen molar-refractivity contribution in [3.05, 3.63) is 58.9 Å². The summed E-state index contributed by atoms with van der Waals surface area (Å²) in [6.07, 6.45) is 1.86. The highest BCUT2D eigenvalue weighted by molar-refractivity contribution is 6.21. The number of H-pyrrole nitrogens is 1. The van der Waals surface area contributed by atoms with E-state index in [1.54, 1.807) is 0 Å². The molecule has 0 aliphatic heterocycles. The average molecular weight is 269 g/mol. The second-order valence-corrected chi connectivity index (χ2v) is 4.69. The van der Waals surface area contributed by atoms with Gasteiger partial charge in [-0.05, 0) is 44.0 Å². The van der Waals surface area contributed by atoms with E-state index in [9.17, 15) is 4.79 Å². The lowest BCUT2D eigenvalue weighted by Crippen LogP contribution is -2.07. The molecule has 0 fully saturated rings. The van der Waals surface area contributed by atoms with Crippen molar-refractivity contribution in [3.63, 3.8) is 0 Å². The molecule has 2 aromatic rings. The zero-order valence-electron chi connectivity index (χ0n) is 12.1. The highest BCUT2D eigenvalue weighted by Gasteiger charge is 2.14. The summed E-state index contributed by atoms with van der Waals surface area (Å²) in [7, 11) is 0. The lowest BCUT2D eigenvalue weighted by molar-refractivity contribution is -0.136. The van der Waals surface area contributed by atoms with Gasteiger partial charge in [-0.25, -0.2) is 4.79 Å². The van der Waals surface area contributed by atoms with Crippen LogP contribution in [0.3, 0.4) is 0 Å². The van der Waals surface area contributed by atoms with Gasteiger partial charge in [-0.2, -0.15) is 0 Å². The largest absolute Gasteiger partial charge is 0.462 e. The molecule has 0 saturated carbocycles. The van der Waals surface area contributed by atoms with E-state index in [2.05, 4.69) is 11.1 Å². The number of benzene rings is 1. The molecular weight excluding hydrogens is 250 g/mol. The summed E-state index contributed by atoms with van der Waals surface area (Å²) in [6.45, 7) is 6.19. The van der Waals surface area contributed by atoms with Crippen molar-refractivity contribution >= 4 is 17.6 Å². The monoisotopic (exact) mass is 269 g/mol. The second-order valence-electron chi connectivity index (χ2n) is 4.69. The number of nitrogens with one attached hydrogen (secondary N) is 1. The number of esters is 1. The highest BCUT2D eigenvalue weighted by Crippen LogP contribution is 2.21. The van der Waals surface area contributed by atoms with Crippen molar-refractivity contribution < 1.29 is 9.53 Å². The van der Waals surface area contributed by atoms with Gasteiger partial charge in [-0.3, -0.25) is 0 Å². The normalized spacial score (nSPS) is 11.4. The summed E-state index contributed by atoms with van der Waals surface area (Å²) >= 11 is 0. The minimum absolute atomic E-state index is 0.301. The summed E-state index contributed by atoms with van der Waals surface area (Å²) in [6, 6.07) is 11.6. The van der Waals surface area contributed by atoms with Gasteiger partial charge in [0.25, 0.3) is 0 Å². The van der Waals surface area contributed by atoms with E-state index in [4.69, 9.17) is 4.74 Å². The van der Waals surface area contributed by atoms with Gasteiger partial charge < -0.3 is 9.72 Å². The molecule has 0 aliphatic rings. The maximum absolute atomic E-state index is 12.2. The number of aryl methyl sites for hydroxylation is 2. The van der Waals surface area contributed by atoms with Crippen LogP contribution < -0.4 is 0 Å². The Morgan fingerprint density at radius 1 is 1.25 bits per heavy atom. The number of hydrogen-bond donors (Lipinski definition) is 1. The van der Waals surface area contributed by atoms with Crippen LogP contribution in [0.1, 0.15) is 29.4 Å². The summed E-state index contributed by atoms with van der Waals surface area (Å²) < 4.78 is 5.16. The van der Waals surface area contributed by atoms with E-state index >= 15 is 0 Å². The zero-order chi connectivity index (χ0) is 14.5. The minimum Gasteiger partial charge on any atom is -0.462 e. The molecule has 0 bridgehead atoms. The molecule has 0 aliphatic carbocycles. The number of ether oxygens (including phenoxy) is 1. The molecule has 20 heavy (non-hydrogen) atoms. The molecule has 2 rings (SSSR count). The number of carbonyl (C=O) groups excluding carboxylic acids is 1. The van der Waals surface area contributed by atoms with Crippen LogP contribution in [0.15, 0.2) is 36.4 Å². The number of rotatable bonds is 4. The Morgan fingerprint density at radius 2 is 1.95 bits per heavy atom. The maximum atomic E-state index is 12.2. The molecule has 0 atom stereocenters. The van der Waals surface area contributed by atoms with Gasteiger partial charge in [0.2, 0.25) is 0 Å². The van der Waals surface area contributed by atoms with Crippen LogP contribution in [0.4, 0.5) is 0 Å². The molecular formula is C17H19NO2. The van der Waals surface area contributed by atoms with Crippen molar-refractivity contribution in [2.45, 2.75) is 20.8 Å². The predicted molar refractivity (Wildman–Crippen MR) is 81.2 cm³/mol. The predicted octanol–water partition coefficient (Wildman–Crippen LogP) is 3.74. The minimum atomic E-state index is -0.301. The van der Waals surface area contributed by atoms with Crippen LogP contribution in [0.2, 0.25) is 0 Å². The van der Waals surface area contributed by atoms with Crippen molar-refractivity contribution in [1.29, 1.82) is 0 Å². The third kappa shape index (κ3) is 3.18. The lowest BCUT2D eigenvalue weighted by Gasteiger charge is -2.07. The van der Waals surface area contributed by atoms with Gasteiger partial charge in [-0.15, -0.1) is 0 Å². The smallest absolute Gasteiger partial charge is 0.338 e. The Balaban J connectivity index is 2.46. The number of aromatic nitrogens is 1. The fraction of sp³-hybridized carbons (Fsp3) is 0.235. The standard InChI is InChI=1S/C17H19NO2/c1-4-20-17(19)15(14-8-6-5-7-9-14)11-16-12(2)10-13(3)18-16/h5-11,18H,4H2,1-3H3/b15-11+. The summed E-state index contributed by atoms with van der Waals surface area (Å²) in [5, 5.41) is 0. The molecule has 3 heteroatoms. The Morgan fingerprint density at radius 3 is 2.50 bits per heavy atom. The molecule has 1 heterocycles. The maximum Gasteiger partial charge on any atom is 0.338 e. The molecule has 1 N–H and O–H groups in total. The molecule has 3 nitrogen and oxygen atoms in total. The van der Waals surface area contributed by atoms with E-state index in [-0.39, 0.29) is 5.97 Å². The quantitative estimate of drug-likeness (QED) is 0.678. The molecule has 0 saturated heterocycles. The molecule has 0 unspecified atom stereocenters. The molecule has 0 amide bonds. The first-order chi connectivity index (χ1) is 9.61. The summed E-state index contributed by atoms with van der Waals surface area (Å²) in [5.74, 6) is -0.301. The molecule has 1 aromatic heterocycles. The Bertz CT molecular complexity index is 624. The van der Waals surface area contributed by atoms with E-state index in [1.165, 1.54) is 0 Å². The fourth-order valence-corrected chi connectivity index (χ4v) is 2.13. The van der Waals surface area contributed by atoms with Crippen LogP contribution in [0.5, 0.6) is 0 Å². The summed E-state index contributed by atoms with van der Waals surface area (Å²) in [4.78, 5) is 15.4. The third-order valence-corrected chi connectivity index (χ3v) is 3.06.